The molecular formula is C12H14BrClN2O2. The molecule has 98 valence electrons. The summed E-state index contributed by atoms with van der Waals surface area (Å²) in [5.74, 6) is 0.513. The predicted molar refractivity (Wildman–Crippen MR) is 72.7 cm³/mol. The maximum atomic E-state index is 10.1. The van der Waals surface area contributed by atoms with Gasteiger partial charge in [0, 0.05) is 13.0 Å². The van der Waals surface area contributed by atoms with Gasteiger partial charge in [-0.3, -0.25) is 4.68 Å². The molecule has 1 atom stereocenters. The van der Waals surface area contributed by atoms with E-state index in [4.69, 9.17) is 16.0 Å². The highest BCUT2D eigenvalue weighted by atomic mass is 79.9. The fourth-order valence-electron chi connectivity index (χ4n) is 1.86. The first-order valence-corrected chi connectivity index (χ1v) is 6.85. The molecule has 2 heterocycles. The molecule has 2 aromatic heterocycles. The van der Waals surface area contributed by atoms with Gasteiger partial charge in [0.15, 0.2) is 4.67 Å². The highest BCUT2D eigenvalue weighted by molar-refractivity contribution is 9.10. The molecule has 0 aromatic carbocycles. The number of nitrogens with zero attached hydrogens (tertiary/aromatic N) is 2. The maximum Gasteiger partial charge on any atom is 0.169 e. The second-order valence-electron chi connectivity index (χ2n) is 4.02. The normalized spacial score (nSPS) is 12.9. The van der Waals surface area contributed by atoms with Crippen LogP contribution < -0.4 is 0 Å². The van der Waals surface area contributed by atoms with Crippen molar-refractivity contribution < 1.29 is 9.52 Å². The minimum absolute atomic E-state index is 0.382. The highest BCUT2D eigenvalue weighted by Gasteiger charge is 2.19. The van der Waals surface area contributed by atoms with Gasteiger partial charge in [-0.2, -0.15) is 5.10 Å². The Morgan fingerprint density at radius 1 is 1.56 bits per heavy atom. The molecule has 0 saturated heterocycles. The van der Waals surface area contributed by atoms with Crippen LogP contribution in [0.25, 0.3) is 0 Å². The van der Waals surface area contributed by atoms with Crippen LogP contribution in [-0.4, -0.2) is 14.9 Å². The average molecular weight is 334 g/mol. The predicted octanol–water partition coefficient (Wildman–Crippen LogP) is 3.50. The molecule has 0 bridgehead atoms. The molecule has 0 aliphatic heterocycles. The first kappa shape index (κ1) is 13.6. The van der Waals surface area contributed by atoms with Crippen LogP contribution in [0.4, 0.5) is 0 Å². The van der Waals surface area contributed by atoms with Gasteiger partial charge < -0.3 is 9.52 Å². The van der Waals surface area contributed by atoms with Gasteiger partial charge in [-0.15, -0.1) is 0 Å². The Morgan fingerprint density at radius 2 is 2.28 bits per heavy atom. The Kier molecular flexibility index (Phi) is 4.14. The Labute approximate surface area is 119 Å². The van der Waals surface area contributed by atoms with E-state index in [0.29, 0.717) is 21.9 Å². The third-order valence-electron chi connectivity index (χ3n) is 2.76. The molecule has 0 aliphatic rings. The Balaban J connectivity index is 2.23. The van der Waals surface area contributed by atoms with E-state index < -0.39 is 6.10 Å². The number of aromatic nitrogens is 2. The molecule has 0 fully saturated rings. The van der Waals surface area contributed by atoms with Crippen molar-refractivity contribution in [3.05, 3.63) is 39.0 Å². The van der Waals surface area contributed by atoms with Crippen LogP contribution in [0, 0.1) is 6.92 Å². The molecular weight excluding hydrogens is 320 g/mol. The average Bonchev–Trinajstić information content (AvgIpc) is 2.88. The van der Waals surface area contributed by atoms with E-state index in [1.165, 1.54) is 0 Å². The Morgan fingerprint density at radius 3 is 2.83 bits per heavy atom. The smallest absolute Gasteiger partial charge is 0.169 e. The third-order valence-corrected chi connectivity index (χ3v) is 3.68. The SMILES string of the molecule is CCn1nc(C)c(Cl)c1CC(O)c1ccc(Br)o1. The van der Waals surface area contributed by atoms with Gasteiger partial charge in [0.25, 0.3) is 0 Å². The number of aliphatic hydroxyl groups is 1. The van der Waals surface area contributed by atoms with Gasteiger partial charge in [-0.25, -0.2) is 0 Å². The fraction of sp³-hybridized carbons (Fsp3) is 0.417. The van der Waals surface area contributed by atoms with Crippen molar-refractivity contribution in [2.75, 3.05) is 0 Å². The second-order valence-corrected chi connectivity index (χ2v) is 5.18. The molecule has 0 amide bonds. The summed E-state index contributed by atoms with van der Waals surface area (Å²) in [6.45, 7) is 4.56. The summed E-state index contributed by atoms with van der Waals surface area (Å²) in [7, 11) is 0. The van der Waals surface area contributed by atoms with Gasteiger partial charge in [0.1, 0.15) is 11.9 Å². The van der Waals surface area contributed by atoms with Crippen LogP contribution in [0.15, 0.2) is 21.2 Å². The lowest BCUT2D eigenvalue weighted by atomic mass is 10.1. The fourth-order valence-corrected chi connectivity index (χ4v) is 2.39. The van der Waals surface area contributed by atoms with Crippen LogP contribution >= 0.6 is 27.5 Å². The second kappa shape index (κ2) is 5.47. The molecule has 18 heavy (non-hydrogen) atoms. The standard InChI is InChI=1S/C12H14BrClN2O2/c1-3-16-8(12(14)7(2)15-16)6-9(17)10-4-5-11(13)18-10/h4-5,9,17H,3,6H2,1-2H3. The van der Waals surface area contributed by atoms with Gasteiger partial charge in [0.2, 0.25) is 0 Å². The zero-order chi connectivity index (χ0) is 13.3. The number of rotatable bonds is 4. The third kappa shape index (κ3) is 2.63. The van der Waals surface area contributed by atoms with E-state index >= 15 is 0 Å². The lowest BCUT2D eigenvalue weighted by Gasteiger charge is -2.09. The van der Waals surface area contributed by atoms with E-state index in [0.717, 1.165) is 17.9 Å². The van der Waals surface area contributed by atoms with Crippen LogP contribution in [-0.2, 0) is 13.0 Å². The van der Waals surface area contributed by atoms with E-state index in [1.807, 2.05) is 13.8 Å². The molecule has 0 aliphatic carbocycles. The number of hydrogen-bond donors (Lipinski definition) is 1. The zero-order valence-corrected chi connectivity index (χ0v) is 12.5. The summed E-state index contributed by atoms with van der Waals surface area (Å²) in [5.41, 5.74) is 1.61. The summed E-state index contributed by atoms with van der Waals surface area (Å²) < 4.78 is 7.74. The first-order valence-electron chi connectivity index (χ1n) is 5.68. The molecule has 1 N–H and O–H groups in total. The van der Waals surface area contributed by atoms with Gasteiger partial charge >= 0.3 is 0 Å². The Bertz CT molecular complexity index is 550. The number of aliphatic hydroxyl groups excluding tert-OH is 1. The van der Waals surface area contributed by atoms with Crippen LogP contribution in [0.2, 0.25) is 5.02 Å². The lowest BCUT2D eigenvalue weighted by Crippen LogP contribution is -2.08. The minimum Gasteiger partial charge on any atom is -0.452 e. The molecule has 1 unspecified atom stereocenters. The number of hydrogen-bond acceptors (Lipinski definition) is 3. The Hall–Kier alpha value is -0.780. The number of halogens is 2. The highest BCUT2D eigenvalue weighted by Crippen LogP contribution is 2.28. The van der Waals surface area contributed by atoms with Gasteiger partial charge in [0.05, 0.1) is 16.4 Å². The summed E-state index contributed by atoms with van der Waals surface area (Å²) in [4.78, 5) is 0. The van der Waals surface area contributed by atoms with Crippen molar-refractivity contribution in [3.63, 3.8) is 0 Å². The van der Waals surface area contributed by atoms with E-state index in [2.05, 4.69) is 21.0 Å². The van der Waals surface area contributed by atoms with Crippen molar-refractivity contribution in [3.8, 4) is 0 Å². The largest absolute Gasteiger partial charge is 0.452 e. The van der Waals surface area contributed by atoms with E-state index in [1.54, 1.807) is 16.8 Å². The lowest BCUT2D eigenvalue weighted by molar-refractivity contribution is 0.146. The summed E-state index contributed by atoms with van der Waals surface area (Å²) in [6, 6.07) is 3.49. The van der Waals surface area contributed by atoms with Crippen molar-refractivity contribution in [1.82, 2.24) is 9.78 Å². The van der Waals surface area contributed by atoms with Crippen molar-refractivity contribution >= 4 is 27.5 Å². The molecule has 0 radical (unpaired) electrons. The number of aryl methyl sites for hydroxylation is 2. The topological polar surface area (TPSA) is 51.2 Å². The van der Waals surface area contributed by atoms with Crippen LogP contribution in [0.3, 0.4) is 0 Å². The summed E-state index contributed by atoms with van der Waals surface area (Å²) in [6.07, 6.45) is -0.344. The van der Waals surface area contributed by atoms with Gasteiger partial charge in [-0.1, -0.05) is 11.6 Å². The number of furan rings is 1. The van der Waals surface area contributed by atoms with Gasteiger partial charge in [-0.05, 0) is 41.9 Å². The van der Waals surface area contributed by atoms with Crippen molar-refractivity contribution in [2.45, 2.75) is 32.9 Å². The minimum atomic E-state index is -0.727. The molecule has 0 spiro atoms. The van der Waals surface area contributed by atoms with Crippen LogP contribution in [0.1, 0.15) is 30.2 Å². The maximum absolute atomic E-state index is 10.1. The van der Waals surface area contributed by atoms with Crippen LogP contribution in [0.5, 0.6) is 0 Å². The summed E-state index contributed by atoms with van der Waals surface area (Å²) >= 11 is 9.41. The first-order chi connectivity index (χ1) is 8.52. The van der Waals surface area contributed by atoms with E-state index in [9.17, 15) is 5.11 Å². The van der Waals surface area contributed by atoms with E-state index in [-0.39, 0.29) is 0 Å². The molecule has 2 aromatic rings. The molecule has 4 nitrogen and oxygen atoms in total. The molecule has 6 heteroatoms. The van der Waals surface area contributed by atoms with Crippen molar-refractivity contribution in [2.24, 2.45) is 0 Å². The monoisotopic (exact) mass is 332 g/mol. The molecule has 2 rings (SSSR count). The zero-order valence-electron chi connectivity index (χ0n) is 10.2. The summed E-state index contributed by atoms with van der Waals surface area (Å²) in [5, 5.41) is 15.1. The van der Waals surface area contributed by atoms with Crippen molar-refractivity contribution in [1.29, 1.82) is 0 Å². The molecule has 0 saturated carbocycles. The quantitative estimate of drug-likeness (QED) is 0.931.